The van der Waals surface area contributed by atoms with Gasteiger partial charge in [-0.05, 0) is 119 Å². The van der Waals surface area contributed by atoms with Crippen LogP contribution in [0.1, 0.15) is 109 Å². The van der Waals surface area contributed by atoms with Gasteiger partial charge in [-0.3, -0.25) is 0 Å². The summed E-state index contributed by atoms with van der Waals surface area (Å²) in [6.45, 7) is 24.8. The molecule has 12 heteroatoms. The average molecular weight is 1280 g/mol. The summed E-state index contributed by atoms with van der Waals surface area (Å²) in [5.41, 5.74) is 11.6. The SMILES string of the molecule is CC.CC.CC.CC.CC1=CCC(P)=C1C1=C(P)CC=C1C.CC1=CCC(P)=C1C1=C(P)CC=C1C.[Y].[Y].[Y].[Y].[Y].[Y].[Y].[Y]. The van der Waals surface area contributed by atoms with Gasteiger partial charge < -0.3 is 0 Å². The van der Waals surface area contributed by atoms with E-state index in [2.05, 4.69) is 89.0 Å². The van der Waals surface area contributed by atoms with E-state index in [9.17, 15) is 0 Å². The molecule has 0 N–H and O–H groups in total. The van der Waals surface area contributed by atoms with E-state index in [0.717, 1.165) is 25.7 Å². The number of allylic oxidation sites excluding steroid dienone is 16. The Kier molecular flexibility index (Phi) is 83.4. The molecule has 0 bridgehead atoms. The van der Waals surface area contributed by atoms with Crippen molar-refractivity contribution in [3.63, 3.8) is 0 Å². The first-order valence-corrected chi connectivity index (χ1v) is 16.2. The molecule has 44 heavy (non-hydrogen) atoms. The maximum absolute atomic E-state index is 2.88. The second-order valence-electron chi connectivity index (χ2n) is 7.97. The zero-order chi connectivity index (χ0) is 28.6. The van der Waals surface area contributed by atoms with Gasteiger partial charge >= 0.3 is 0 Å². The maximum Gasteiger partial charge on any atom is 0 e. The summed E-state index contributed by atoms with van der Waals surface area (Å²) in [6, 6.07) is 0. The van der Waals surface area contributed by atoms with E-state index >= 15 is 0 Å². The Balaban J connectivity index is -0.0000000465. The van der Waals surface area contributed by atoms with Gasteiger partial charge in [0, 0.05) is 262 Å². The van der Waals surface area contributed by atoms with Crippen LogP contribution in [0.15, 0.2) is 90.1 Å². The van der Waals surface area contributed by atoms with Crippen molar-refractivity contribution >= 4 is 37.0 Å². The molecule has 0 saturated heterocycles. The number of hydrogen-bond acceptors (Lipinski definition) is 0. The van der Waals surface area contributed by atoms with Gasteiger partial charge in [0.2, 0.25) is 0 Å². The Morgan fingerprint density at radius 1 is 0.318 bits per heavy atom. The van der Waals surface area contributed by atoms with Crippen molar-refractivity contribution in [2.45, 2.75) is 109 Å². The van der Waals surface area contributed by atoms with Crippen molar-refractivity contribution < 1.29 is 262 Å². The molecule has 0 amide bonds. The Morgan fingerprint density at radius 2 is 0.432 bits per heavy atom. The number of rotatable bonds is 2. The molecule has 0 aromatic rings. The Bertz CT molecular complexity index is 844. The van der Waals surface area contributed by atoms with Gasteiger partial charge in [0.1, 0.15) is 0 Å². The van der Waals surface area contributed by atoms with Crippen molar-refractivity contribution in [3.05, 3.63) is 90.1 Å². The molecule has 4 rings (SSSR count). The molecular formula is C32H56P4Y8. The van der Waals surface area contributed by atoms with E-state index in [0.29, 0.717) is 0 Å². The third-order valence-corrected chi connectivity index (χ3v) is 7.97. The Labute approximate surface area is 486 Å². The third-order valence-electron chi connectivity index (χ3n) is 5.87. The summed E-state index contributed by atoms with van der Waals surface area (Å²) in [7, 11) is 11.5. The monoisotopic (exact) mass is 1280 g/mol. The van der Waals surface area contributed by atoms with Crippen LogP contribution in [0.25, 0.3) is 0 Å². The van der Waals surface area contributed by atoms with Crippen LogP contribution in [0.5, 0.6) is 0 Å². The zero-order valence-corrected chi connectivity index (χ0v) is 57.4. The zero-order valence-electron chi connectivity index (χ0n) is 30.1. The van der Waals surface area contributed by atoms with E-state index in [-0.39, 0.29) is 262 Å². The molecule has 4 atom stereocenters. The standard InChI is InChI=1S/2C12H16P2.4C2H6.8Y/c2*1-7-3-5-9(13)11(7)12-8(2)4-6-10(12)14;4*1-2;;;;;;;;/h2*3-4H,5-6,13-14H2,1-2H3;4*1-2H3;;;;;;;;. The summed E-state index contributed by atoms with van der Waals surface area (Å²) in [4.78, 5) is 0. The first-order valence-electron chi connectivity index (χ1n) is 13.9. The second-order valence-corrected chi connectivity index (χ2v) is 10.8. The van der Waals surface area contributed by atoms with Crippen LogP contribution in [0.3, 0.4) is 0 Å². The molecule has 228 valence electrons. The van der Waals surface area contributed by atoms with E-state index in [1.807, 2.05) is 55.4 Å². The summed E-state index contributed by atoms with van der Waals surface area (Å²) in [5, 5.41) is 5.75. The quantitative estimate of drug-likeness (QED) is 0.242. The van der Waals surface area contributed by atoms with Gasteiger partial charge in [-0.15, -0.1) is 37.0 Å². The molecule has 0 saturated carbocycles. The molecule has 0 fully saturated rings. The fourth-order valence-corrected chi connectivity index (χ4v) is 6.27. The molecule has 0 aromatic heterocycles. The number of hydrogen-bond donors (Lipinski definition) is 0. The minimum Gasteiger partial charge on any atom is -0.109 e. The van der Waals surface area contributed by atoms with E-state index in [1.165, 1.54) is 65.8 Å². The van der Waals surface area contributed by atoms with E-state index < -0.39 is 0 Å². The summed E-state index contributed by atoms with van der Waals surface area (Å²) in [5.74, 6) is 0. The predicted molar refractivity (Wildman–Crippen MR) is 186 cm³/mol. The molecule has 4 aliphatic carbocycles. The fraction of sp³-hybridized carbons (Fsp3) is 0.500. The third kappa shape index (κ3) is 26.3. The summed E-state index contributed by atoms with van der Waals surface area (Å²) < 4.78 is 0. The minimum absolute atomic E-state index is 0. The Hall–Kier alpha value is 8.47. The predicted octanol–water partition coefficient (Wildman–Crippen LogP) is 12.0. The van der Waals surface area contributed by atoms with Crippen LogP contribution in [0.4, 0.5) is 0 Å². The van der Waals surface area contributed by atoms with Crippen molar-refractivity contribution in [3.8, 4) is 0 Å². The van der Waals surface area contributed by atoms with Crippen LogP contribution in [0.2, 0.25) is 0 Å². The first kappa shape index (κ1) is 77.1. The second kappa shape index (κ2) is 47.6. The smallest absolute Gasteiger partial charge is 0 e. The maximum atomic E-state index is 2.88. The van der Waals surface area contributed by atoms with Crippen molar-refractivity contribution in [1.29, 1.82) is 0 Å². The van der Waals surface area contributed by atoms with Crippen molar-refractivity contribution in [1.82, 2.24) is 0 Å². The average Bonchev–Trinajstić information content (AvgIpc) is 3.62. The minimum atomic E-state index is 0. The van der Waals surface area contributed by atoms with Crippen LogP contribution in [-0.2, 0) is 262 Å². The normalized spacial score (nSPS) is 14.5. The van der Waals surface area contributed by atoms with Gasteiger partial charge in [0.25, 0.3) is 0 Å². The van der Waals surface area contributed by atoms with Gasteiger partial charge in [-0.25, -0.2) is 0 Å². The van der Waals surface area contributed by atoms with E-state index in [1.54, 1.807) is 0 Å². The molecule has 0 aromatic carbocycles. The molecule has 4 aliphatic rings. The van der Waals surface area contributed by atoms with Crippen LogP contribution < -0.4 is 0 Å². The van der Waals surface area contributed by atoms with Crippen LogP contribution >= 0.6 is 37.0 Å². The molecule has 0 nitrogen and oxygen atoms in total. The summed E-state index contributed by atoms with van der Waals surface area (Å²) >= 11 is 0. The van der Waals surface area contributed by atoms with Gasteiger partial charge in [0.05, 0.1) is 0 Å². The molecule has 0 spiro atoms. The van der Waals surface area contributed by atoms with Crippen molar-refractivity contribution in [2.24, 2.45) is 0 Å². The fourth-order valence-electron chi connectivity index (χ4n) is 4.31. The first-order chi connectivity index (χ1) is 17.2. The van der Waals surface area contributed by atoms with Crippen LogP contribution in [0, 0.1) is 0 Å². The Morgan fingerprint density at radius 3 is 0.500 bits per heavy atom. The van der Waals surface area contributed by atoms with Crippen molar-refractivity contribution in [2.75, 3.05) is 0 Å². The van der Waals surface area contributed by atoms with Gasteiger partial charge in [0.15, 0.2) is 0 Å². The van der Waals surface area contributed by atoms with Gasteiger partial charge in [-0.2, -0.15) is 0 Å². The topological polar surface area (TPSA) is 0 Å². The molecule has 0 heterocycles. The van der Waals surface area contributed by atoms with Crippen LogP contribution in [-0.4, -0.2) is 0 Å². The molecule has 0 aliphatic heterocycles. The summed E-state index contributed by atoms with van der Waals surface area (Å²) in [6.07, 6.45) is 13.6. The van der Waals surface area contributed by atoms with E-state index in [4.69, 9.17) is 0 Å². The van der Waals surface area contributed by atoms with Gasteiger partial charge in [-0.1, -0.05) is 79.7 Å². The molecule has 4 unspecified atom stereocenters. The molecular weight excluding hydrogens is 1220 g/mol. The molecule has 8 radical (unpaired) electrons. The largest absolute Gasteiger partial charge is 0.109 e.